The van der Waals surface area contributed by atoms with Crippen LogP contribution < -0.4 is 5.32 Å². The van der Waals surface area contributed by atoms with Gasteiger partial charge in [0.05, 0.1) is 11.6 Å². The van der Waals surface area contributed by atoms with Crippen molar-refractivity contribution in [2.45, 2.75) is 6.54 Å². The van der Waals surface area contributed by atoms with Crippen molar-refractivity contribution in [3.8, 4) is 0 Å². The van der Waals surface area contributed by atoms with Gasteiger partial charge in [-0.15, -0.1) is 0 Å². The molecule has 0 saturated heterocycles. The Hall–Kier alpha value is -2.38. The zero-order valence-corrected chi connectivity index (χ0v) is 14.0. The molecule has 6 nitrogen and oxygen atoms in total. The van der Waals surface area contributed by atoms with E-state index in [0.29, 0.717) is 16.4 Å². The summed E-state index contributed by atoms with van der Waals surface area (Å²) >= 11 is 11.9. The maximum absolute atomic E-state index is 13.8. The smallest absolute Gasteiger partial charge is 0.278 e. The third-order valence-electron chi connectivity index (χ3n) is 3.26. The van der Waals surface area contributed by atoms with E-state index in [0.717, 1.165) is 0 Å². The van der Waals surface area contributed by atoms with E-state index in [9.17, 15) is 9.18 Å². The highest BCUT2D eigenvalue weighted by Crippen LogP contribution is 2.20. The number of carbonyl (C=O) groups excluding carboxylic acids is 1. The first kappa shape index (κ1) is 16.5. The van der Waals surface area contributed by atoms with Crippen LogP contribution in [0.5, 0.6) is 0 Å². The summed E-state index contributed by atoms with van der Waals surface area (Å²) in [6.07, 6.45) is 3.13. The minimum absolute atomic E-state index is 0.103. The largest absolute Gasteiger partial charge is 0.304 e. The van der Waals surface area contributed by atoms with Crippen LogP contribution in [-0.4, -0.2) is 25.5 Å². The number of amides is 1. The van der Waals surface area contributed by atoms with Crippen molar-refractivity contribution in [3.63, 3.8) is 0 Å². The summed E-state index contributed by atoms with van der Waals surface area (Å²) in [6.45, 7) is 0.145. The van der Waals surface area contributed by atoms with E-state index in [1.165, 1.54) is 27.7 Å². The molecule has 124 valence electrons. The molecule has 3 aromatic rings. The Balaban J connectivity index is 1.74. The zero-order chi connectivity index (χ0) is 17.3. The molecule has 2 aromatic heterocycles. The van der Waals surface area contributed by atoms with Crippen molar-refractivity contribution in [1.29, 1.82) is 0 Å². The highest BCUT2D eigenvalue weighted by Gasteiger charge is 2.16. The van der Waals surface area contributed by atoms with E-state index >= 15 is 0 Å². The van der Waals surface area contributed by atoms with Crippen molar-refractivity contribution in [1.82, 2.24) is 19.6 Å². The van der Waals surface area contributed by atoms with E-state index in [4.69, 9.17) is 23.2 Å². The van der Waals surface area contributed by atoms with E-state index < -0.39 is 11.7 Å². The minimum atomic E-state index is -0.477. The van der Waals surface area contributed by atoms with Gasteiger partial charge in [-0.25, -0.2) is 4.39 Å². The average molecular weight is 368 g/mol. The van der Waals surface area contributed by atoms with Crippen LogP contribution in [0.2, 0.25) is 10.0 Å². The quantitative estimate of drug-likeness (QED) is 0.768. The molecule has 1 N–H and O–H groups in total. The number of aromatic nitrogens is 4. The van der Waals surface area contributed by atoms with Crippen LogP contribution in [0, 0.1) is 5.82 Å². The predicted molar refractivity (Wildman–Crippen MR) is 88.9 cm³/mol. The van der Waals surface area contributed by atoms with Gasteiger partial charge >= 0.3 is 0 Å². The Morgan fingerprint density at radius 3 is 2.71 bits per heavy atom. The Morgan fingerprint density at radius 1 is 1.25 bits per heavy atom. The van der Waals surface area contributed by atoms with Crippen molar-refractivity contribution >= 4 is 34.9 Å². The molecular weight excluding hydrogens is 356 g/mol. The van der Waals surface area contributed by atoms with Crippen LogP contribution in [0.15, 0.2) is 36.7 Å². The molecule has 3 rings (SSSR count). The third kappa shape index (κ3) is 3.42. The predicted octanol–water partition coefficient (Wildman–Crippen LogP) is 3.36. The van der Waals surface area contributed by atoms with Gasteiger partial charge in [-0.05, 0) is 12.1 Å². The van der Waals surface area contributed by atoms with Crippen LogP contribution in [0.25, 0.3) is 0 Å². The summed E-state index contributed by atoms with van der Waals surface area (Å²) < 4.78 is 16.7. The third-order valence-corrected chi connectivity index (χ3v) is 3.89. The molecule has 1 amide bonds. The lowest BCUT2D eigenvalue weighted by Crippen LogP contribution is -2.14. The summed E-state index contributed by atoms with van der Waals surface area (Å²) in [4.78, 5) is 12.1. The fourth-order valence-corrected chi connectivity index (χ4v) is 2.64. The van der Waals surface area contributed by atoms with Crippen LogP contribution in [-0.2, 0) is 13.6 Å². The van der Waals surface area contributed by atoms with Gasteiger partial charge in [0.25, 0.3) is 5.91 Å². The Labute approximate surface area is 146 Å². The van der Waals surface area contributed by atoms with Crippen LogP contribution in [0.3, 0.4) is 0 Å². The molecule has 0 saturated carbocycles. The Bertz CT molecular complexity index is 885. The normalized spacial score (nSPS) is 10.8. The number of nitrogens with zero attached hydrogens (tertiary/aromatic N) is 4. The number of benzene rings is 1. The topological polar surface area (TPSA) is 64.7 Å². The van der Waals surface area contributed by atoms with Crippen LogP contribution in [0.1, 0.15) is 16.1 Å². The SMILES string of the molecule is Cn1cc(Cl)c(C(=O)Nc2ccn(Cc3c(F)cccc3Cl)n2)n1. The van der Waals surface area contributed by atoms with E-state index in [-0.39, 0.29) is 17.3 Å². The second kappa shape index (κ2) is 6.62. The molecule has 24 heavy (non-hydrogen) atoms. The lowest BCUT2D eigenvalue weighted by atomic mass is 10.2. The average Bonchev–Trinajstić information content (AvgIpc) is 3.09. The van der Waals surface area contributed by atoms with Gasteiger partial charge in [-0.2, -0.15) is 10.2 Å². The first-order valence-corrected chi connectivity index (χ1v) is 7.66. The van der Waals surface area contributed by atoms with Crippen molar-refractivity contribution in [3.05, 3.63) is 63.8 Å². The molecular formula is C15H12Cl2FN5O. The number of aryl methyl sites for hydroxylation is 1. The lowest BCUT2D eigenvalue weighted by molar-refractivity contribution is 0.102. The molecule has 0 aliphatic heterocycles. The first-order chi connectivity index (χ1) is 11.4. The molecule has 0 spiro atoms. The van der Waals surface area contributed by atoms with Gasteiger partial charge in [0.15, 0.2) is 11.5 Å². The second-order valence-corrected chi connectivity index (χ2v) is 5.87. The monoisotopic (exact) mass is 367 g/mol. The van der Waals surface area contributed by atoms with Crippen molar-refractivity contribution < 1.29 is 9.18 Å². The lowest BCUT2D eigenvalue weighted by Gasteiger charge is -2.06. The number of anilines is 1. The van der Waals surface area contributed by atoms with Gasteiger partial charge < -0.3 is 5.32 Å². The molecule has 0 aliphatic carbocycles. The molecule has 0 atom stereocenters. The molecule has 0 radical (unpaired) electrons. The molecule has 0 fully saturated rings. The molecule has 0 unspecified atom stereocenters. The molecule has 1 aromatic carbocycles. The maximum Gasteiger partial charge on any atom is 0.278 e. The van der Waals surface area contributed by atoms with Crippen molar-refractivity contribution in [2.75, 3.05) is 5.32 Å². The molecule has 0 bridgehead atoms. The van der Waals surface area contributed by atoms with Gasteiger partial charge in [0, 0.05) is 36.1 Å². The maximum atomic E-state index is 13.8. The number of nitrogens with one attached hydrogen (secondary N) is 1. The van der Waals surface area contributed by atoms with Gasteiger partial charge in [0.1, 0.15) is 5.82 Å². The van der Waals surface area contributed by atoms with Crippen LogP contribution in [0.4, 0.5) is 10.2 Å². The number of carbonyl (C=O) groups is 1. The summed E-state index contributed by atoms with van der Waals surface area (Å²) in [5.41, 5.74) is 0.429. The minimum Gasteiger partial charge on any atom is -0.304 e. The fourth-order valence-electron chi connectivity index (χ4n) is 2.15. The Morgan fingerprint density at radius 2 is 2.04 bits per heavy atom. The number of hydrogen-bond donors (Lipinski definition) is 1. The number of hydrogen-bond acceptors (Lipinski definition) is 3. The van der Waals surface area contributed by atoms with E-state index in [1.54, 1.807) is 25.4 Å². The van der Waals surface area contributed by atoms with E-state index in [2.05, 4.69) is 15.5 Å². The van der Waals surface area contributed by atoms with E-state index in [1.807, 2.05) is 0 Å². The summed E-state index contributed by atoms with van der Waals surface area (Å²) in [5.74, 6) is -0.590. The summed E-state index contributed by atoms with van der Waals surface area (Å²) in [6, 6.07) is 6.06. The molecule has 2 heterocycles. The summed E-state index contributed by atoms with van der Waals surface area (Å²) in [7, 11) is 1.66. The van der Waals surface area contributed by atoms with Crippen molar-refractivity contribution in [2.24, 2.45) is 7.05 Å². The number of halogens is 3. The number of rotatable bonds is 4. The fraction of sp³-hybridized carbons (Fsp3) is 0.133. The first-order valence-electron chi connectivity index (χ1n) is 6.91. The van der Waals surface area contributed by atoms with Gasteiger partial charge in [-0.1, -0.05) is 29.3 Å². The summed E-state index contributed by atoms with van der Waals surface area (Å²) in [5, 5.41) is 11.3. The second-order valence-electron chi connectivity index (χ2n) is 5.05. The highest BCUT2D eigenvalue weighted by atomic mass is 35.5. The zero-order valence-electron chi connectivity index (χ0n) is 12.5. The van der Waals surface area contributed by atoms with Gasteiger partial charge in [-0.3, -0.25) is 14.2 Å². The van der Waals surface area contributed by atoms with Gasteiger partial charge in [0.2, 0.25) is 0 Å². The molecule has 0 aliphatic rings. The standard InChI is InChI=1S/C15H12Cl2FN5O/c1-22-8-11(17)14(21-22)15(24)19-13-5-6-23(20-13)7-9-10(16)3-2-4-12(9)18/h2-6,8H,7H2,1H3,(H,19,20,24). The highest BCUT2D eigenvalue weighted by molar-refractivity contribution is 6.34. The molecule has 9 heteroatoms. The van der Waals surface area contributed by atoms with Crippen LogP contribution >= 0.6 is 23.2 Å². The Kier molecular flexibility index (Phi) is 4.55.